The summed E-state index contributed by atoms with van der Waals surface area (Å²) in [4.78, 5) is 9.15. The van der Waals surface area contributed by atoms with Crippen LogP contribution in [0.1, 0.15) is 11.1 Å². The molecule has 0 radical (unpaired) electrons. The van der Waals surface area contributed by atoms with Gasteiger partial charge in [-0.3, -0.25) is 4.98 Å². The van der Waals surface area contributed by atoms with E-state index in [0.717, 1.165) is 28.0 Å². The molecule has 0 N–H and O–H groups in total. The van der Waals surface area contributed by atoms with Crippen LogP contribution in [-0.2, 0) is 0 Å². The summed E-state index contributed by atoms with van der Waals surface area (Å²) in [6.45, 7) is 4.17. The molecule has 0 aliphatic heterocycles. The summed E-state index contributed by atoms with van der Waals surface area (Å²) in [5, 5.41) is 4.49. The van der Waals surface area contributed by atoms with Gasteiger partial charge in [0.05, 0.1) is 34.8 Å². The summed E-state index contributed by atoms with van der Waals surface area (Å²) in [6, 6.07) is 14.2. The van der Waals surface area contributed by atoms with Gasteiger partial charge in [-0.25, -0.2) is 9.67 Å². The maximum Gasteiger partial charge on any atom is 0.0924 e. The summed E-state index contributed by atoms with van der Waals surface area (Å²) in [6.07, 6.45) is 5.63. The van der Waals surface area contributed by atoms with Gasteiger partial charge in [0.15, 0.2) is 0 Å². The van der Waals surface area contributed by atoms with E-state index in [-0.39, 0.29) is 0 Å². The molecule has 0 spiro atoms. The van der Waals surface area contributed by atoms with Gasteiger partial charge in [0.2, 0.25) is 0 Å². The van der Waals surface area contributed by atoms with Crippen LogP contribution < -0.4 is 0 Å². The van der Waals surface area contributed by atoms with Crippen LogP contribution in [0.25, 0.3) is 28.0 Å². The number of hydrogen-bond acceptors (Lipinski definition) is 3. The van der Waals surface area contributed by atoms with Gasteiger partial charge in [-0.2, -0.15) is 5.10 Å². The standard InChI is InChI=1S/C19H16N4/c1-13-7-8-14(2)19(9-13)23-12-15(10-21-23)18-11-20-16-5-3-4-6-17(16)22-18/h3-12H,1-2H3. The van der Waals surface area contributed by atoms with Crippen LogP contribution in [0.3, 0.4) is 0 Å². The average Bonchev–Trinajstić information content (AvgIpc) is 3.06. The van der Waals surface area contributed by atoms with Crippen LogP contribution in [-0.4, -0.2) is 19.7 Å². The quantitative estimate of drug-likeness (QED) is 0.560. The predicted molar refractivity (Wildman–Crippen MR) is 91.6 cm³/mol. The van der Waals surface area contributed by atoms with Crippen molar-refractivity contribution < 1.29 is 0 Å². The second-order valence-corrected chi connectivity index (χ2v) is 5.71. The van der Waals surface area contributed by atoms with Crippen LogP contribution >= 0.6 is 0 Å². The molecule has 23 heavy (non-hydrogen) atoms. The normalized spacial score (nSPS) is 11.0. The number of fused-ring (bicyclic) bond motifs is 1. The summed E-state index contributed by atoms with van der Waals surface area (Å²) < 4.78 is 1.90. The molecule has 2 aromatic heterocycles. The lowest BCUT2D eigenvalue weighted by molar-refractivity contribution is 0.871. The molecule has 0 aliphatic rings. The Bertz CT molecular complexity index is 1000. The minimum atomic E-state index is 0.834. The zero-order chi connectivity index (χ0) is 15.8. The zero-order valence-corrected chi connectivity index (χ0v) is 13.1. The molecule has 4 aromatic rings. The van der Waals surface area contributed by atoms with Gasteiger partial charge in [-0.15, -0.1) is 0 Å². The maximum absolute atomic E-state index is 4.68. The fourth-order valence-electron chi connectivity index (χ4n) is 2.65. The molecule has 0 atom stereocenters. The number of para-hydroxylation sites is 2. The third kappa shape index (κ3) is 2.48. The molecule has 4 rings (SSSR count). The Kier molecular flexibility index (Phi) is 3.15. The molecule has 112 valence electrons. The fourth-order valence-corrected chi connectivity index (χ4v) is 2.65. The highest BCUT2D eigenvalue weighted by atomic mass is 15.3. The molecule has 4 nitrogen and oxygen atoms in total. The first kappa shape index (κ1) is 13.6. The second kappa shape index (κ2) is 5.32. The molecular weight excluding hydrogens is 284 g/mol. The molecule has 0 amide bonds. The minimum absolute atomic E-state index is 0.834. The number of benzene rings is 2. The Morgan fingerprint density at radius 3 is 2.61 bits per heavy atom. The fraction of sp³-hybridized carbons (Fsp3) is 0.105. The molecule has 0 fully saturated rings. The van der Waals surface area contributed by atoms with E-state index in [0.29, 0.717) is 0 Å². The molecule has 0 unspecified atom stereocenters. The third-order valence-corrected chi connectivity index (χ3v) is 3.94. The van der Waals surface area contributed by atoms with E-state index >= 15 is 0 Å². The van der Waals surface area contributed by atoms with Gasteiger partial charge in [-0.05, 0) is 43.2 Å². The monoisotopic (exact) mass is 300 g/mol. The number of aromatic nitrogens is 4. The number of hydrogen-bond donors (Lipinski definition) is 0. The summed E-state index contributed by atoms with van der Waals surface area (Å²) >= 11 is 0. The lowest BCUT2D eigenvalue weighted by atomic mass is 10.1. The SMILES string of the molecule is Cc1ccc(C)c(-n2cc(-c3cnc4ccccc4n3)cn2)c1. The van der Waals surface area contributed by atoms with Gasteiger partial charge >= 0.3 is 0 Å². The van der Waals surface area contributed by atoms with Gasteiger partial charge in [0.1, 0.15) is 0 Å². The Morgan fingerprint density at radius 1 is 0.913 bits per heavy atom. The van der Waals surface area contributed by atoms with Gasteiger partial charge in [-0.1, -0.05) is 24.3 Å². The van der Waals surface area contributed by atoms with Crippen LogP contribution in [0.4, 0.5) is 0 Å². The van der Waals surface area contributed by atoms with Crippen LogP contribution in [0.2, 0.25) is 0 Å². The molecular formula is C19H16N4. The first-order valence-electron chi connectivity index (χ1n) is 7.55. The largest absolute Gasteiger partial charge is 0.252 e. The van der Waals surface area contributed by atoms with Crippen molar-refractivity contribution in [1.82, 2.24) is 19.7 Å². The summed E-state index contributed by atoms with van der Waals surface area (Å²) in [5.41, 5.74) is 7.08. The second-order valence-electron chi connectivity index (χ2n) is 5.71. The van der Waals surface area contributed by atoms with E-state index in [1.807, 2.05) is 41.3 Å². The lowest BCUT2D eigenvalue weighted by Gasteiger charge is -2.06. The van der Waals surface area contributed by atoms with Crippen molar-refractivity contribution in [2.24, 2.45) is 0 Å². The highest BCUT2D eigenvalue weighted by Crippen LogP contribution is 2.21. The lowest BCUT2D eigenvalue weighted by Crippen LogP contribution is -1.97. The maximum atomic E-state index is 4.68. The number of rotatable bonds is 2. The number of nitrogens with zero attached hydrogens (tertiary/aromatic N) is 4. The zero-order valence-electron chi connectivity index (χ0n) is 13.1. The van der Waals surface area contributed by atoms with Crippen molar-refractivity contribution in [2.75, 3.05) is 0 Å². The first-order valence-corrected chi connectivity index (χ1v) is 7.55. The minimum Gasteiger partial charge on any atom is -0.252 e. The Balaban J connectivity index is 1.78. The van der Waals surface area contributed by atoms with E-state index in [1.165, 1.54) is 11.1 Å². The van der Waals surface area contributed by atoms with Crippen molar-refractivity contribution in [2.45, 2.75) is 13.8 Å². The van der Waals surface area contributed by atoms with Crippen molar-refractivity contribution in [3.8, 4) is 16.9 Å². The van der Waals surface area contributed by atoms with Crippen molar-refractivity contribution >= 4 is 11.0 Å². The van der Waals surface area contributed by atoms with E-state index in [4.69, 9.17) is 0 Å². The topological polar surface area (TPSA) is 43.6 Å². The molecule has 2 heterocycles. The van der Waals surface area contributed by atoms with Gasteiger partial charge in [0.25, 0.3) is 0 Å². The Labute approximate surface area is 134 Å². The van der Waals surface area contributed by atoms with Crippen molar-refractivity contribution in [3.63, 3.8) is 0 Å². The molecule has 0 saturated heterocycles. The Morgan fingerprint density at radius 2 is 1.74 bits per heavy atom. The van der Waals surface area contributed by atoms with E-state index in [1.54, 1.807) is 6.20 Å². The first-order chi connectivity index (χ1) is 11.2. The third-order valence-electron chi connectivity index (χ3n) is 3.94. The highest BCUT2D eigenvalue weighted by molar-refractivity contribution is 5.76. The molecule has 0 aliphatic carbocycles. The van der Waals surface area contributed by atoms with Crippen molar-refractivity contribution in [3.05, 3.63) is 72.2 Å². The molecule has 2 aromatic carbocycles. The molecule has 4 heteroatoms. The van der Waals surface area contributed by atoms with Gasteiger partial charge in [0, 0.05) is 11.8 Å². The number of aryl methyl sites for hydroxylation is 2. The Hall–Kier alpha value is -3.01. The van der Waals surface area contributed by atoms with E-state index in [2.05, 4.69) is 47.1 Å². The summed E-state index contributed by atoms with van der Waals surface area (Å²) in [5.74, 6) is 0. The highest BCUT2D eigenvalue weighted by Gasteiger charge is 2.08. The molecule has 0 bridgehead atoms. The van der Waals surface area contributed by atoms with E-state index < -0.39 is 0 Å². The van der Waals surface area contributed by atoms with Crippen LogP contribution in [0.5, 0.6) is 0 Å². The van der Waals surface area contributed by atoms with E-state index in [9.17, 15) is 0 Å². The average molecular weight is 300 g/mol. The molecule has 0 saturated carbocycles. The summed E-state index contributed by atoms with van der Waals surface area (Å²) in [7, 11) is 0. The smallest absolute Gasteiger partial charge is 0.0924 e. The van der Waals surface area contributed by atoms with Crippen LogP contribution in [0.15, 0.2) is 61.1 Å². The predicted octanol–water partition coefficient (Wildman–Crippen LogP) is 4.10. The van der Waals surface area contributed by atoms with Crippen molar-refractivity contribution in [1.29, 1.82) is 0 Å². The van der Waals surface area contributed by atoms with Crippen LogP contribution in [0, 0.1) is 13.8 Å². The van der Waals surface area contributed by atoms with Gasteiger partial charge < -0.3 is 0 Å².